The van der Waals surface area contributed by atoms with E-state index in [1.807, 2.05) is 4.90 Å². The molecule has 1 atom stereocenters. The van der Waals surface area contributed by atoms with Crippen LogP contribution in [-0.2, 0) is 4.79 Å². The summed E-state index contributed by atoms with van der Waals surface area (Å²) >= 11 is 4.52. The second-order valence-corrected chi connectivity index (χ2v) is 5.55. The van der Waals surface area contributed by atoms with Crippen molar-refractivity contribution in [3.8, 4) is 0 Å². The van der Waals surface area contributed by atoms with Crippen LogP contribution in [0, 0.1) is 5.92 Å². The summed E-state index contributed by atoms with van der Waals surface area (Å²) in [7, 11) is 0. The Hall–Kier alpha value is -0.180. The highest BCUT2D eigenvalue weighted by atomic mass is 32.1. The van der Waals surface area contributed by atoms with Gasteiger partial charge in [-0.15, -0.1) is 0 Å². The van der Waals surface area contributed by atoms with Gasteiger partial charge in [-0.1, -0.05) is 20.8 Å². The minimum atomic E-state index is -0.0296. The molecular formula is C10H19NOS. The van der Waals surface area contributed by atoms with Crippen LogP contribution in [0.25, 0.3) is 0 Å². The van der Waals surface area contributed by atoms with Crippen molar-refractivity contribution in [3.05, 3.63) is 0 Å². The lowest BCUT2D eigenvalue weighted by Crippen LogP contribution is -2.30. The van der Waals surface area contributed by atoms with Gasteiger partial charge >= 0.3 is 0 Å². The molecule has 1 heterocycles. The minimum absolute atomic E-state index is 0.0296. The Balaban J connectivity index is 2.55. The maximum absolute atomic E-state index is 11.5. The van der Waals surface area contributed by atoms with E-state index in [2.05, 4.69) is 33.4 Å². The number of likely N-dealkylation sites (tertiary alicyclic amines) is 1. The van der Waals surface area contributed by atoms with Gasteiger partial charge in [-0.3, -0.25) is 4.79 Å². The van der Waals surface area contributed by atoms with Gasteiger partial charge in [0.2, 0.25) is 5.91 Å². The second kappa shape index (κ2) is 3.91. The van der Waals surface area contributed by atoms with Crippen molar-refractivity contribution in [1.29, 1.82) is 0 Å². The molecule has 0 radical (unpaired) electrons. The number of hydrogen-bond acceptors (Lipinski definition) is 2. The first-order chi connectivity index (χ1) is 5.95. The molecule has 13 heavy (non-hydrogen) atoms. The monoisotopic (exact) mass is 201 g/mol. The number of hydrogen-bond donors (Lipinski definition) is 1. The molecule has 1 saturated heterocycles. The smallest absolute Gasteiger partial charge is 0.222 e. The third kappa shape index (κ3) is 2.63. The van der Waals surface area contributed by atoms with E-state index in [0.717, 1.165) is 19.5 Å². The first-order valence-electron chi connectivity index (χ1n) is 4.95. The number of carbonyl (C=O) groups excluding carboxylic acids is 1. The molecule has 0 spiro atoms. The van der Waals surface area contributed by atoms with Gasteiger partial charge in [0.15, 0.2) is 0 Å². The van der Waals surface area contributed by atoms with Gasteiger partial charge in [-0.25, -0.2) is 0 Å². The molecule has 3 heteroatoms. The average molecular weight is 201 g/mol. The standard InChI is InChI=1S/C10H19NOS/c1-4-5-11-7-8(6-9(11)12)10(2,3)13/h8,13H,4-7H2,1-3H3. The molecule has 1 aliphatic heterocycles. The van der Waals surface area contributed by atoms with E-state index in [9.17, 15) is 4.79 Å². The van der Waals surface area contributed by atoms with E-state index in [4.69, 9.17) is 0 Å². The number of carbonyl (C=O) groups is 1. The number of nitrogens with zero attached hydrogens (tertiary/aromatic N) is 1. The summed E-state index contributed by atoms with van der Waals surface area (Å²) in [5, 5.41) is 0. The van der Waals surface area contributed by atoms with Gasteiger partial charge in [0.05, 0.1) is 0 Å². The molecule has 0 aromatic heterocycles. The van der Waals surface area contributed by atoms with Crippen LogP contribution in [0.5, 0.6) is 0 Å². The van der Waals surface area contributed by atoms with Gasteiger partial charge in [0.1, 0.15) is 0 Å². The Morgan fingerprint density at radius 1 is 1.62 bits per heavy atom. The van der Waals surface area contributed by atoms with E-state index >= 15 is 0 Å². The third-order valence-electron chi connectivity index (χ3n) is 2.71. The predicted molar refractivity (Wildman–Crippen MR) is 58.0 cm³/mol. The zero-order valence-corrected chi connectivity index (χ0v) is 9.60. The molecular weight excluding hydrogens is 182 g/mol. The first kappa shape index (κ1) is 10.9. The van der Waals surface area contributed by atoms with Gasteiger partial charge in [-0.2, -0.15) is 12.6 Å². The quantitative estimate of drug-likeness (QED) is 0.692. The fraction of sp³-hybridized carbons (Fsp3) is 0.900. The van der Waals surface area contributed by atoms with Crippen LogP contribution in [0.4, 0.5) is 0 Å². The van der Waals surface area contributed by atoms with Crippen molar-refractivity contribution in [1.82, 2.24) is 4.90 Å². The second-order valence-electron chi connectivity index (χ2n) is 4.39. The van der Waals surface area contributed by atoms with Crippen LogP contribution in [-0.4, -0.2) is 28.6 Å². The van der Waals surface area contributed by atoms with Gasteiger partial charge in [-0.05, 0) is 12.3 Å². The van der Waals surface area contributed by atoms with E-state index in [-0.39, 0.29) is 4.75 Å². The molecule has 0 bridgehead atoms. The third-order valence-corrected chi connectivity index (χ3v) is 3.07. The maximum atomic E-state index is 11.5. The molecule has 0 N–H and O–H groups in total. The zero-order valence-electron chi connectivity index (χ0n) is 8.71. The highest BCUT2D eigenvalue weighted by Crippen LogP contribution is 2.32. The van der Waals surface area contributed by atoms with E-state index in [1.165, 1.54) is 0 Å². The predicted octanol–water partition coefficient (Wildman–Crippen LogP) is 1.95. The Morgan fingerprint density at radius 2 is 2.23 bits per heavy atom. The summed E-state index contributed by atoms with van der Waals surface area (Å²) in [4.78, 5) is 13.5. The molecule has 1 rings (SSSR count). The normalized spacial score (nSPS) is 24.2. The van der Waals surface area contributed by atoms with Crippen LogP contribution in [0.3, 0.4) is 0 Å². The lowest BCUT2D eigenvalue weighted by atomic mass is 9.94. The maximum Gasteiger partial charge on any atom is 0.222 e. The molecule has 1 fully saturated rings. The Labute approximate surface area is 86.1 Å². The summed E-state index contributed by atoms with van der Waals surface area (Å²) < 4.78 is -0.0296. The lowest BCUT2D eigenvalue weighted by Gasteiger charge is -2.25. The summed E-state index contributed by atoms with van der Waals surface area (Å²) in [6.07, 6.45) is 1.72. The van der Waals surface area contributed by atoms with Crippen LogP contribution in [0.15, 0.2) is 0 Å². The van der Waals surface area contributed by atoms with Crippen LogP contribution in [0.2, 0.25) is 0 Å². The Kier molecular flexibility index (Phi) is 3.28. The molecule has 0 aromatic rings. The van der Waals surface area contributed by atoms with E-state index in [0.29, 0.717) is 18.2 Å². The van der Waals surface area contributed by atoms with E-state index < -0.39 is 0 Å². The van der Waals surface area contributed by atoms with Crippen LogP contribution in [0.1, 0.15) is 33.6 Å². The Morgan fingerprint density at radius 3 is 2.62 bits per heavy atom. The number of amides is 1. The van der Waals surface area contributed by atoms with Crippen molar-refractivity contribution >= 4 is 18.5 Å². The van der Waals surface area contributed by atoms with Gasteiger partial charge in [0, 0.05) is 24.3 Å². The molecule has 1 unspecified atom stereocenters. The highest BCUT2D eigenvalue weighted by Gasteiger charge is 2.36. The average Bonchev–Trinajstić information content (AvgIpc) is 2.32. The molecule has 0 aromatic carbocycles. The summed E-state index contributed by atoms with van der Waals surface area (Å²) in [5.41, 5.74) is 0. The Bertz CT molecular complexity index is 198. The number of rotatable bonds is 3. The van der Waals surface area contributed by atoms with Crippen molar-refractivity contribution in [2.45, 2.75) is 38.4 Å². The van der Waals surface area contributed by atoms with Crippen LogP contribution >= 0.6 is 12.6 Å². The van der Waals surface area contributed by atoms with Crippen molar-refractivity contribution in [2.75, 3.05) is 13.1 Å². The van der Waals surface area contributed by atoms with E-state index in [1.54, 1.807) is 0 Å². The topological polar surface area (TPSA) is 20.3 Å². The highest BCUT2D eigenvalue weighted by molar-refractivity contribution is 7.81. The van der Waals surface area contributed by atoms with Crippen LogP contribution < -0.4 is 0 Å². The zero-order chi connectivity index (χ0) is 10.1. The summed E-state index contributed by atoms with van der Waals surface area (Å²) in [6, 6.07) is 0. The molecule has 1 amide bonds. The molecule has 0 saturated carbocycles. The van der Waals surface area contributed by atoms with Gasteiger partial charge in [0.25, 0.3) is 0 Å². The van der Waals surface area contributed by atoms with Gasteiger partial charge < -0.3 is 4.90 Å². The minimum Gasteiger partial charge on any atom is -0.342 e. The fourth-order valence-electron chi connectivity index (χ4n) is 1.73. The summed E-state index contributed by atoms with van der Waals surface area (Å²) in [5.74, 6) is 0.712. The molecule has 76 valence electrons. The molecule has 0 aliphatic carbocycles. The summed E-state index contributed by atoms with van der Waals surface area (Å²) in [6.45, 7) is 8.07. The lowest BCUT2D eigenvalue weighted by molar-refractivity contribution is -0.127. The largest absolute Gasteiger partial charge is 0.342 e. The van der Waals surface area contributed by atoms with Crippen molar-refractivity contribution < 1.29 is 4.79 Å². The van der Waals surface area contributed by atoms with Crippen molar-refractivity contribution in [2.24, 2.45) is 5.92 Å². The fourth-order valence-corrected chi connectivity index (χ4v) is 1.90. The molecule has 1 aliphatic rings. The molecule has 2 nitrogen and oxygen atoms in total. The first-order valence-corrected chi connectivity index (χ1v) is 5.40. The van der Waals surface area contributed by atoms with Crippen molar-refractivity contribution in [3.63, 3.8) is 0 Å². The SMILES string of the molecule is CCCN1CC(C(C)(C)S)CC1=O. The number of thiol groups is 1.